The molecule has 4 rings (SSSR count). The van der Waals surface area contributed by atoms with Crippen LogP contribution in [0.1, 0.15) is 25.7 Å². The zero-order chi connectivity index (χ0) is 14.1. The van der Waals surface area contributed by atoms with Crippen molar-refractivity contribution in [2.24, 2.45) is 0 Å². The third-order valence-electron chi connectivity index (χ3n) is 4.65. The lowest BCUT2D eigenvalue weighted by atomic mass is 9.99. The number of fused-ring (bicyclic) bond motifs is 2. The zero-order valence-corrected chi connectivity index (χ0v) is 12.1. The van der Waals surface area contributed by atoms with E-state index >= 15 is 0 Å². The molecule has 0 amide bonds. The number of piperidine rings is 1. The second kappa shape index (κ2) is 5.40. The average Bonchev–Trinajstić information content (AvgIpc) is 2.80. The minimum atomic E-state index is 0.338. The van der Waals surface area contributed by atoms with Gasteiger partial charge in [-0.25, -0.2) is 4.98 Å². The summed E-state index contributed by atoms with van der Waals surface area (Å²) in [4.78, 5) is 7.06. The SMILES string of the molecule is c1ccc(OC2C[C@H]3CC[C@@H](C2)N3c2ccccn2)cc1. The van der Waals surface area contributed by atoms with Crippen molar-refractivity contribution in [3.05, 3.63) is 54.7 Å². The first kappa shape index (κ1) is 12.7. The first-order valence-corrected chi connectivity index (χ1v) is 7.81. The van der Waals surface area contributed by atoms with Crippen molar-refractivity contribution in [2.45, 2.75) is 43.9 Å². The summed E-state index contributed by atoms with van der Waals surface area (Å²) in [5, 5.41) is 0. The molecule has 0 saturated carbocycles. The van der Waals surface area contributed by atoms with Gasteiger partial charge in [-0.3, -0.25) is 0 Å². The van der Waals surface area contributed by atoms with E-state index in [4.69, 9.17) is 4.74 Å². The maximum Gasteiger partial charge on any atom is 0.128 e. The third kappa shape index (κ3) is 2.48. The standard InChI is InChI=1S/C18H20N2O/c1-2-6-16(7-3-1)21-17-12-14-9-10-15(13-17)20(14)18-8-4-5-11-19-18/h1-8,11,14-15,17H,9-10,12-13H2/t14-,15+,17?. The van der Waals surface area contributed by atoms with Crippen LogP contribution in [0.4, 0.5) is 5.82 Å². The molecule has 3 atom stereocenters. The van der Waals surface area contributed by atoms with Crippen molar-refractivity contribution in [1.82, 2.24) is 4.98 Å². The van der Waals surface area contributed by atoms with Gasteiger partial charge < -0.3 is 9.64 Å². The van der Waals surface area contributed by atoms with E-state index < -0.39 is 0 Å². The Kier molecular flexibility index (Phi) is 3.26. The summed E-state index contributed by atoms with van der Waals surface area (Å²) in [7, 11) is 0. The Hall–Kier alpha value is -2.03. The first-order chi connectivity index (χ1) is 10.4. The number of nitrogens with zero attached hydrogens (tertiary/aromatic N) is 2. The molecule has 2 aromatic rings. The molecule has 0 N–H and O–H groups in total. The lowest BCUT2D eigenvalue weighted by molar-refractivity contribution is 0.150. The zero-order valence-electron chi connectivity index (χ0n) is 12.1. The van der Waals surface area contributed by atoms with Crippen LogP contribution in [-0.2, 0) is 0 Å². The fourth-order valence-corrected chi connectivity index (χ4v) is 3.80. The normalized spacial score (nSPS) is 27.6. The molecule has 108 valence electrons. The molecule has 1 aromatic heterocycles. The molecule has 1 unspecified atom stereocenters. The molecule has 2 fully saturated rings. The summed E-state index contributed by atoms with van der Waals surface area (Å²) < 4.78 is 6.17. The van der Waals surface area contributed by atoms with Crippen LogP contribution in [0.25, 0.3) is 0 Å². The predicted molar refractivity (Wildman–Crippen MR) is 83.6 cm³/mol. The molecule has 0 spiro atoms. The number of ether oxygens (including phenoxy) is 1. The number of rotatable bonds is 3. The van der Waals surface area contributed by atoms with Crippen molar-refractivity contribution in [1.29, 1.82) is 0 Å². The number of hydrogen-bond acceptors (Lipinski definition) is 3. The fraction of sp³-hybridized carbons (Fsp3) is 0.389. The molecule has 1 aromatic carbocycles. The Bertz CT molecular complexity index is 573. The van der Waals surface area contributed by atoms with E-state index in [1.807, 2.05) is 42.6 Å². The van der Waals surface area contributed by atoms with E-state index in [0.29, 0.717) is 18.2 Å². The number of benzene rings is 1. The Morgan fingerprint density at radius 3 is 2.29 bits per heavy atom. The molecule has 2 saturated heterocycles. The van der Waals surface area contributed by atoms with Crippen LogP contribution in [-0.4, -0.2) is 23.2 Å². The molecule has 2 aliphatic heterocycles. The summed E-state index contributed by atoms with van der Waals surface area (Å²) in [6.45, 7) is 0. The van der Waals surface area contributed by atoms with Crippen LogP contribution in [0, 0.1) is 0 Å². The summed E-state index contributed by atoms with van der Waals surface area (Å²) >= 11 is 0. The number of aromatic nitrogens is 1. The minimum Gasteiger partial charge on any atom is -0.490 e. The van der Waals surface area contributed by atoms with Crippen LogP contribution in [0.2, 0.25) is 0 Å². The topological polar surface area (TPSA) is 25.4 Å². The molecule has 3 nitrogen and oxygen atoms in total. The van der Waals surface area contributed by atoms with Crippen molar-refractivity contribution < 1.29 is 4.74 Å². The van der Waals surface area contributed by atoms with E-state index in [0.717, 1.165) is 24.4 Å². The van der Waals surface area contributed by atoms with Crippen molar-refractivity contribution in [2.75, 3.05) is 4.90 Å². The minimum absolute atomic E-state index is 0.338. The monoisotopic (exact) mass is 280 g/mol. The van der Waals surface area contributed by atoms with Crippen LogP contribution in [0.15, 0.2) is 54.7 Å². The highest BCUT2D eigenvalue weighted by atomic mass is 16.5. The summed E-state index contributed by atoms with van der Waals surface area (Å²) in [6, 6.07) is 17.5. The van der Waals surface area contributed by atoms with Gasteiger partial charge in [-0.05, 0) is 37.1 Å². The number of pyridine rings is 1. The Morgan fingerprint density at radius 1 is 0.905 bits per heavy atom. The number of hydrogen-bond donors (Lipinski definition) is 0. The van der Waals surface area contributed by atoms with Crippen molar-refractivity contribution >= 4 is 5.82 Å². The molecule has 0 aliphatic carbocycles. The van der Waals surface area contributed by atoms with Crippen LogP contribution in [0.5, 0.6) is 5.75 Å². The predicted octanol–water partition coefficient (Wildman–Crippen LogP) is 3.66. The van der Waals surface area contributed by atoms with Gasteiger partial charge >= 0.3 is 0 Å². The largest absolute Gasteiger partial charge is 0.490 e. The van der Waals surface area contributed by atoms with Crippen LogP contribution in [0.3, 0.4) is 0 Å². The fourth-order valence-electron chi connectivity index (χ4n) is 3.80. The smallest absolute Gasteiger partial charge is 0.128 e. The molecule has 2 bridgehead atoms. The van der Waals surface area contributed by atoms with E-state index in [9.17, 15) is 0 Å². The quantitative estimate of drug-likeness (QED) is 0.858. The second-order valence-electron chi connectivity index (χ2n) is 6.00. The van der Waals surface area contributed by atoms with Gasteiger partial charge in [0.2, 0.25) is 0 Å². The van der Waals surface area contributed by atoms with Gasteiger partial charge in [-0.2, -0.15) is 0 Å². The van der Waals surface area contributed by atoms with Crippen molar-refractivity contribution in [3.8, 4) is 5.75 Å². The maximum absolute atomic E-state index is 6.17. The van der Waals surface area contributed by atoms with E-state index in [1.165, 1.54) is 12.8 Å². The molecule has 0 radical (unpaired) electrons. The molecule has 3 heterocycles. The van der Waals surface area contributed by atoms with Crippen molar-refractivity contribution in [3.63, 3.8) is 0 Å². The van der Waals surface area contributed by atoms with E-state index in [1.54, 1.807) is 0 Å². The third-order valence-corrected chi connectivity index (χ3v) is 4.65. The highest BCUT2D eigenvalue weighted by molar-refractivity contribution is 5.43. The molecular formula is C18H20N2O. The Morgan fingerprint density at radius 2 is 1.62 bits per heavy atom. The highest BCUT2D eigenvalue weighted by Gasteiger charge is 2.42. The van der Waals surface area contributed by atoms with Gasteiger partial charge in [0, 0.05) is 31.1 Å². The van der Waals surface area contributed by atoms with Gasteiger partial charge in [0.05, 0.1) is 0 Å². The number of anilines is 1. The van der Waals surface area contributed by atoms with E-state index in [-0.39, 0.29) is 0 Å². The molecular weight excluding hydrogens is 260 g/mol. The highest BCUT2D eigenvalue weighted by Crippen LogP contribution is 2.39. The first-order valence-electron chi connectivity index (χ1n) is 7.81. The molecule has 2 aliphatic rings. The van der Waals surface area contributed by atoms with Crippen LogP contribution >= 0.6 is 0 Å². The lowest BCUT2D eigenvalue weighted by Gasteiger charge is -2.39. The molecule has 3 heteroatoms. The summed E-state index contributed by atoms with van der Waals surface area (Å²) in [5.74, 6) is 2.12. The Labute approximate surface area is 125 Å². The average molecular weight is 280 g/mol. The van der Waals surface area contributed by atoms with Gasteiger partial charge in [-0.15, -0.1) is 0 Å². The maximum atomic E-state index is 6.17. The van der Waals surface area contributed by atoms with Gasteiger partial charge in [0.1, 0.15) is 17.7 Å². The summed E-state index contributed by atoms with van der Waals surface area (Å²) in [6.07, 6.45) is 6.95. The van der Waals surface area contributed by atoms with Gasteiger partial charge in [0.25, 0.3) is 0 Å². The molecule has 21 heavy (non-hydrogen) atoms. The second-order valence-corrected chi connectivity index (χ2v) is 6.00. The van der Waals surface area contributed by atoms with Gasteiger partial charge in [-0.1, -0.05) is 24.3 Å². The van der Waals surface area contributed by atoms with Crippen LogP contribution < -0.4 is 9.64 Å². The lowest BCUT2D eigenvalue weighted by Crippen LogP contribution is -2.46. The van der Waals surface area contributed by atoms with Gasteiger partial charge in [0.15, 0.2) is 0 Å². The Balaban J connectivity index is 1.49. The van der Waals surface area contributed by atoms with E-state index in [2.05, 4.69) is 22.0 Å². The summed E-state index contributed by atoms with van der Waals surface area (Å²) in [5.41, 5.74) is 0. The number of para-hydroxylation sites is 1.